The SMILES string of the molecule is O=C([O-])CC1(CC(=O)NCc2cccc(Cl)c2)CCCCC1. The lowest BCUT2D eigenvalue weighted by Crippen LogP contribution is -2.38. The molecule has 0 unspecified atom stereocenters. The van der Waals surface area contributed by atoms with E-state index in [-0.39, 0.29) is 18.7 Å². The molecule has 1 N–H and O–H groups in total. The molecule has 5 heteroatoms. The molecule has 1 saturated carbocycles. The first-order chi connectivity index (χ1) is 10.5. The molecule has 0 saturated heterocycles. The first kappa shape index (κ1) is 16.8. The van der Waals surface area contributed by atoms with Crippen molar-refractivity contribution < 1.29 is 14.7 Å². The Bertz CT molecular complexity index is 538. The summed E-state index contributed by atoms with van der Waals surface area (Å²) >= 11 is 5.91. The van der Waals surface area contributed by atoms with Crippen LogP contribution >= 0.6 is 11.6 Å². The molecule has 1 amide bonds. The van der Waals surface area contributed by atoms with Gasteiger partial charge in [0.05, 0.1) is 0 Å². The third-order valence-corrected chi connectivity index (χ3v) is 4.58. The lowest BCUT2D eigenvalue weighted by Gasteiger charge is -2.37. The van der Waals surface area contributed by atoms with Crippen molar-refractivity contribution >= 4 is 23.5 Å². The smallest absolute Gasteiger partial charge is 0.220 e. The van der Waals surface area contributed by atoms with Crippen LogP contribution in [0, 0.1) is 5.41 Å². The fraction of sp³-hybridized carbons (Fsp3) is 0.529. The maximum absolute atomic E-state index is 12.2. The van der Waals surface area contributed by atoms with Crippen LogP contribution in [0.4, 0.5) is 0 Å². The lowest BCUT2D eigenvalue weighted by atomic mass is 9.69. The third kappa shape index (κ3) is 5.02. The van der Waals surface area contributed by atoms with E-state index < -0.39 is 11.4 Å². The number of halogens is 1. The van der Waals surface area contributed by atoms with E-state index in [0.717, 1.165) is 37.7 Å². The number of rotatable bonds is 6. The molecule has 4 nitrogen and oxygen atoms in total. The molecule has 0 atom stereocenters. The second kappa shape index (κ2) is 7.63. The Hall–Kier alpha value is -1.55. The molecule has 120 valence electrons. The normalized spacial score (nSPS) is 17.0. The molecule has 1 aromatic carbocycles. The molecular weight excluding hydrogens is 302 g/mol. The van der Waals surface area contributed by atoms with Crippen LogP contribution in [-0.4, -0.2) is 11.9 Å². The van der Waals surface area contributed by atoms with E-state index in [9.17, 15) is 14.7 Å². The summed E-state index contributed by atoms with van der Waals surface area (Å²) in [5.41, 5.74) is 0.494. The van der Waals surface area contributed by atoms with Crippen molar-refractivity contribution in [3.8, 4) is 0 Å². The van der Waals surface area contributed by atoms with E-state index >= 15 is 0 Å². The maximum Gasteiger partial charge on any atom is 0.220 e. The van der Waals surface area contributed by atoms with Gasteiger partial charge in [-0.1, -0.05) is 43.0 Å². The molecule has 22 heavy (non-hydrogen) atoms. The summed E-state index contributed by atoms with van der Waals surface area (Å²) in [6.07, 6.45) is 4.86. The molecule has 1 aliphatic rings. The number of hydrogen-bond acceptors (Lipinski definition) is 3. The van der Waals surface area contributed by atoms with Crippen LogP contribution in [0.3, 0.4) is 0 Å². The van der Waals surface area contributed by atoms with Crippen molar-refractivity contribution in [2.24, 2.45) is 5.41 Å². The highest BCUT2D eigenvalue weighted by Crippen LogP contribution is 2.42. The summed E-state index contributed by atoms with van der Waals surface area (Å²) in [5, 5.41) is 14.5. The van der Waals surface area contributed by atoms with Gasteiger partial charge in [0.1, 0.15) is 0 Å². The summed E-state index contributed by atoms with van der Waals surface area (Å²) in [6, 6.07) is 7.31. The Balaban J connectivity index is 1.92. The number of aliphatic carboxylic acids is 1. The van der Waals surface area contributed by atoms with Crippen molar-refractivity contribution in [1.29, 1.82) is 0 Å². The molecule has 1 fully saturated rings. The predicted molar refractivity (Wildman–Crippen MR) is 83.1 cm³/mol. The molecule has 0 spiro atoms. The van der Waals surface area contributed by atoms with Gasteiger partial charge in [-0.15, -0.1) is 0 Å². The molecule has 0 heterocycles. The second-order valence-corrected chi connectivity index (χ2v) is 6.63. The van der Waals surface area contributed by atoms with E-state index in [1.54, 1.807) is 12.1 Å². The number of carboxylic acid groups (broad SMARTS) is 1. The maximum atomic E-state index is 12.2. The quantitative estimate of drug-likeness (QED) is 0.874. The standard InChI is InChI=1S/C17H22ClNO3/c18-14-6-4-5-13(9-14)12-19-15(20)10-17(11-16(21)22)7-2-1-3-8-17/h4-6,9H,1-3,7-8,10-12H2,(H,19,20)(H,21,22)/p-1. The fourth-order valence-electron chi connectivity index (χ4n) is 3.27. The third-order valence-electron chi connectivity index (χ3n) is 4.35. The number of benzene rings is 1. The van der Waals surface area contributed by atoms with E-state index in [4.69, 9.17) is 11.6 Å². The summed E-state index contributed by atoms with van der Waals surface area (Å²) in [5.74, 6) is -1.17. The molecule has 0 aromatic heterocycles. The number of carboxylic acids is 1. The largest absolute Gasteiger partial charge is 0.550 e. The molecule has 1 aromatic rings. The minimum atomic E-state index is -1.07. The minimum Gasteiger partial charge on any atom is -0.550 e. The average Bonchev–Trinajstić information content (AvgIpc) is 2.45. The van der Waals surface area contributed by atoms with Crippen molar-refractivity contribution in [2.45, 2.75) is 51.5 Å². The van der Waals surface area contributed by atoms with Crippen LogP contribution in [0.2, 0.25) is 5.02 Å². The Morgan fingerprint density at radius 2 is 1.91 bits per heavy atom. The molecule has 1 aliphatic carbocycles. The van der Waals surface area contributed by atoms with Crippen LogP contribution < -0.4 is 10.4 Å². The van der Waals surface area contributed by atoms with E-state index in [2.05, 4.69) is 5.32 Å². The van der Waals surface area contributed by atoms with Gasteiger partial charge in [-0.3, -0.25) is 4.79 Å². The Kier molecular flexibility index (Phi) is 5.83. The molecule has 0 aliphatic heterocycles. The van der Waals surface area contributed by atoms with Gasteiger partial charge < -0.3 is 15.2 Å². The minimum absolute atomic E-state index is 0.0302. The second-order valence-electron chi connectivity index (χ2n) is 6.19. The predicted octanol–water partition coefficient (Wildman–Crippen LogP) is 2.44. The van der Waals surface area contributed by atoms with Gasteiger partial charge in [-0.25, -0.2) is 0 Å². The van der Waals surface area contributed by atoms with Crippen LogP contribution in [0.25, 0.3) is 0 Å². The summed E-state index contributed by atoms with van der Waals surface area (Å²) in [4.78, 5) is 23.2. The average molecular weight is 323 g/mol. The van der Waals surface area contributed by atoms with E-state index in [0.29, 0.717) is 11.6 Å². The Labute approximate surface area is 135 Å². The first-order valence-electron chi connectivity index (χ1n) is 7.70. The molecule has 0 bridgehead atoms. The van der Waals surface area contributed by atoms with Crippen molar-refractivity contribution in [2.75, 3.05) is 0 Å². The van der Waals surface area contributed by atoms with Crippen LogP contribution in [0.15, 0.2) is 24.3 Å². The molecular formula is C17H21ClNO3-. The summed E-state index contributed by atoms with van der Waals surface area (Å²) < 4.78 is 0. The molecule has 2 rings (SSSR count). The number of amides is 1. The fourth-order valence-corrected chi connectivity index (χ4v) is 3.49. The zero-order valence-corrected chi connectivity index (χ0v) is 13.3. The van der Waals surface area contributed by atoms with Gasteiger partial charge in [-0.05, 0) is 42.4 Å². The van der Waals surface area contributed by atoms with Crippen LogP contribution in [0.1, 0.15) is 50.5 Å². The Morgan fingerprint density at radius 3 is 2.55 bits per heavy atom. The zero-order chi connectivity index (χ0) is 16.0. The van der Waals surface area contributed by atoms with Crippen LogP contribution in [0.5, 0.6) is 0 Å². The Morgan fingerprint density at radius 1 is 1.18 bits per heavy atom. The first-order valence-corrected chi connectivity index (χ1v) is 8.08. The van der Waals surface area contributed by atoms with Crippen molar-refractivity contribution in [3.63, 3.8) is 0 Å². The van der Waals surface area contributed by atoms with Crippen molar-refractivity contribution in [3.05, 3.63) is 34.9 Å². The van der Waals surface area contributed by atoms with Gasteiger partial charge in [0.2, 0.25) is 5.91 Å². The van der Waals surface area contributed by atoms with Crippen molar-refractivity contribution in [1.82, 2.24) is 5.32 Å². The number of hydrogen-bond donors (Lipinski definition) is 1. The topological polar surface area (TPSA) is 69.2 Å². The molecule has 0 radical (unpaired) electrons. The van der Waals surface area contributed by atoms with Gasteiger partial charge in [-0.2, -0.15) is 0 Å². The number of carbonyl (C=O) groups is 2. The number of carbonyl (C=O) groups excluding carboxylic acids is 2. The highest BCUT2D eigenvalue weighted by atomic mass is 35.5. The van der Waals surface area contributed by atoms with Gasteiger partial charge in [0, 0.05) is 24.0 Å². The van der Waals surface area contributed by atoms with Gasteiger partial charge in [0.25, 0.3) is 0 Å². The van der Waals surface area contributed by atoms with E-state index in [1.807, 2.05) is 12.1 Å². The van der Waals surface area contributed by atoms with Gasteiger partial charge >= 0.3 is 0 Å². The zero-order valence-electron chi connectivity index (χ0n) is 12.6. The van der Waals surface area contributed by atoms with Gasteiger partial charge in [0.15, 0.2) is 0 Å². The monoisotopic (exact) mass is 322 g/mol. The summed E-state index contributed by atoms with van der Waals surface area (Å²) in [7, 11) is 0. The summed E-state index contributed by atoms with van der Waals surface area (Å²) in [6.45, 7) is 0.404. The number of nitrogens with one attached hydrogen (secondary N) is 1. The highest BCUT2D eigenvalue weighted by Gasteiger charge is 2.34. The van der Waals surface area contributed by atoms with Crippen LogP contribution in [-0.2, 0) is 16.1 Å². The highest BCUT2D eigenvalue weighted by molar-refractivity contribution is 6.30. The lowest BCUT2D eigenvalue weighted by molar-refractivity contribution is -0.308. The van der Waals surface area contributed by atoms with E-state index in [1.165, 1.54) is 0 Å².